The van der Waals surface area contributed by atoms with E-state index in [1.165, 1.54) is 26.2 Å². The van der Waals surface area contributed by atoms with E-state index in [4.69, 9.17) is 23.7 Å². The number of ether oxygens (including phenoxy) is 5. The van der Waals surface area contributed by atoms with Gasteiger partial charge in [0.05, 0.1) is 11.1 Å². The Labute approximate surface area is 290 Å². The zero-order valence-electron chi connectivity index (χ0n) is 27.8. The molecule has 50 heavy (non-hydrogen) atoms. The Morgan fingerprint density at radius 3 is 2.06 bits per heavy atom. The van der Waals surface area contributed by atoms with Crippen molar-refractivity contribution in [2.45, 2.75) is 56.4 Å². The summed E-state index contributed by atoms with van der Waals surface area (Å²) in [5.41, 5.74) is 1.73. The number of methoxy groups -OCH3 is 1. The molecule has 0 radical (unpaired) electrons. The fourth-order valence-corrected chi connectivity index (χ4v) is 6.47. The minimum atomic E-state index is -1.27. The van der Waals surface area contributed by atoms with Gasteiger partial charge in [-0.1, -0.05) is 66.7 Å². The highest BCUT2D eigenvalue weighted by Gasteiger charge is 2.59. The monoisotopic (exact) mass is 679 g/mol. The molecule has 1 fully saturated rings. The van der Waals surface area contributed by atoms with Gasteiger partial charge in [-0.05, 0) is 84.5 Å². The Morgan fingerprint density at radius 2 is 1.46 bits per heavy atom. The number of esters is 2. The molecule has 1 spiro atoms. The average Bonchev–Trinajstić information content (AvgIpc) is 3.59. The highest BCUT2D eigenvalue weighted by atomic mass is 19.1. The van der Waals surface area contributed by atoms with Crippen LogP contribution in [-0.2, 0) is 30.2 Å². The first-order valence-corrected chi connectivity index (χ1v) is 16.4. The van der Waals surface area contributed by atoms with Gasteiger partial charge in [0.15, 0.2) is 6.10 Å². The molecular weight excluding hydrogens is 641 g/mol. The molecule has 1 unspecified atom stereocenters. The number of hydrogen-bond acceptors (Lipinski definition) is 8. The van der Waals surface area contributed by atoms with Crippen LogP contribution in [0.15, 0.2) is 115 Å². The number of halogens is 1. The molecule has 0 bridgehead atoms. The number of carbonyl (C=O) groups excluding carboxylic acids is 3. The van der Waals surface area contributed by atoms with Crippen molar-refractivity contribution in [1.82, 2.24) is 5.32 Å². The first kappa shape index (κ1) is 34.5. The Hall–Kier alpha value is -5.32. The summed E-state index contributed by atoms with van der Waals surface area (Å²) in [5, 5.41) is 2.80. The van der Waals surface area contributed by atoms with Crippen LogP contribution >= 0.6 is 0 Å². The van der Waals surface area contributed by atoms with Crippen molar-refractivity contribution >= 4 is 17.8 Å². The minimum absolute atomic E-state index is 0.157. The SMILES string of the molecule is CO[C@@H]1[C@@H](OC(=O)c2ccccc2)[C@@H](OC(=O)c2ccccc2)C(Oc2ccc(CCNC(C)=O)c(-c3cccc(F)c3)c2)OC12CC=CC2. The van der Waals surface area contributed by atoms with Crippen molar-refractivity contribution < 1.29 is 42.5 Å². The predicted molar refractivity (Wildman–Crippen MR) is 183 cm³/mol. The molecule has 258 valence electrons. The Bertz CT molecular complexity index is 1840. The third kappa shape index (κ3) is 7.77. The molecule has 4 atom stereocenters. The normalized spacial score (nSPS) is 20.6. The standard InChI is InChI=1S/C40H38FNO8/c1-26(43)42-23-20-27-18-19-32(25-33(27)30-16-11-17-31(41)24-30)47-39-35(49-38(45)29-14-7-4-8-15-29)34(48-37(44)28-12-5-3-6-13-28)36(46-2)40(50-39)21-9-10-22-40/h3-19,24-25,34-36,39H,20-23H2,1-2H3,(H,42,43)/t34-,35+,36+,39?/m0/s1. The van der Waals surface area contributed by atoms with Gasteiger partial charge >= 0.3 is 11.9 Å². The fraction of sp³-hybridized carbons (Fsp3) is 0.275. The summed E-state index contributed by atoms with van der Waals surface area (Å²) in [6, 6.07) is 28.5. The second-order valence-corrected chi connectivity index (χ2v) is 12.2. The topological polar surface area (TPSA) is 109 Å². The summed E-state index contributed by atoms with van der Waals surface area (Å²) in [6.07, 6.45) is 0.752. The van der Waals surface area contributed by atoms with Crippen molar-refractivity contribution in [3.8, 4) is 16.9 Å². The number of nitrogens with one attached hydrogen (secondary N) is 1. The molecule has 4 aromatic carbocycles. The van der Waals surface area contributed by atoms with E-state index >= 15 is 0 Å². The van der Waals surface area contributed by atoms with Gasteiger partial charge in [-0.15, -0.1) is 0 Å². The van der Waals surface area contributed by atoms with Crippen LogP contribution in [0.25, 0.3) is 11.1 Å². The van der Waals surface area contributed by atoms with Crippen molar-refractivity contribution in [1.29, 1.82) is 0 Å². The Morgan fingerprint density at radius 1 is 0.820 bits per heavy atom. The lowest BCUT2D eigenvalue weighted by Crippen LogP contribution is -2.67. The smallest absolute Gasteiger partial charge is 0.338 e. The number of amides is 1. The summed E-state index contributed by atoms with van der Waals surface area (Å²) < 4.78 is 46.0. The van der Waals surface area contributed by atoms with Gasteiger partial charge in [0, 0.05) is 20.6 Å². The lowest BCUT2D eigenvalue weighted by molar-refractivity contribution is -0.310. The number of benzene rings is 4. The summed E-state index contributed by atoms with van der Waals surface area (Å²) in [5.74, 6) is -1.53. The maximum atomic E-state index is 14.4. The van der Waals surface area contributed by atoms with Crippen LogP contribution in [0.4, 0.5) is 4.39 Å². The molecule has 6 rings (SSSR count). The summed E-state index contributed by atoms with van der Waals surface area (Å²) >= 11 is 0. The van der Waals surface area contributed by atoms with Crippen LogP contribution in [-0.4, -0.2) is 61.7 Å². The van der Waals surface area contributed by atoms with Gasteiger partial charge in [-0.2, -0.15) is 0 Å². The quantitative estimate of drug-likeness (QED) is 0.142. The summed E-state index contributed by atoms with van der Waals surface area (Å²) in [6.45, 7) is 1.82. The molecule has 1 aliphatic carbocycles. The van der Waals surface area contributed by atoms with Crippen LogP contribution in [0.1, 0.15) is 46.0 Å². The second kappa shape index (κ2) is 15.5. The largest absolute Gasteiger partial charge is 0.461 e. The van der Waals surface area contributed by atoms with E-state index in [0.717, 1.165) is 5.56 Å². The number of hydrogen-bond donors (Lipinski definition) is 1. The molecule has 1 heterocycles. The van der Waals surface area contributed by atoms with Crippen molar-refractivity contribution in [2.24, 2.45) is 0 Å². The molecule has 1 amide bonds. The first-order chi connectivity index (χ1) is 24.3. The van der Waals surface area contributed by atoms with E-state index in [1.54, 1.807) is 84.9 Å². The average molecular weight is 680 g/mol. The summed E-state index contributed by atoms with van der Waals surface area (Å²) in [7, 11) is 1.50. The van der Waals surface area contributed by atoms with Gasteiger partial charge in [0.2, 0.25) is 18.3 Å². The Kier molecular flexibility index (Phi) is 10.7. The molecule has 0 saturated carbocycles. The molecule has 1 saturated heterocycles. The van der Waals surface area contributed by atoms with Crippen molar-refractivity contribution in [3.63, 3.8) is 0 Å². The van der Waals surface area contributed by atoms with Gasteiger partial charge < -0.3 is 29.0 Å². The number of rotatable bonds is 11. The maximum absolute atomic E-state index is 14.4. The zero-order chi connectivity index (χ0) is 35.1. The van der Waals surface area contributed by atoms with Crippen molar-refractivity contribution in [3.05, 3.63) is 138 Å². The molecule has 1 N–H and O–H groups in total. The highest BCUT2D eigenvalue weighted by molar-refractivity contribution is 5.90. The van der Waals surface area contributed by atoms with Gasteiger partial charge in [-0.25, -0.2) is 14.0 Å². The fourth-order valence-electron chi connectivity index (χ4n) is 6.47. The third-order valence-corrected chi connectivity index (χ3v) is 8.85. The van der Waals surface area contributed by atoms with Crippen LogP contribution in [0.3, 0.4) is 0 Å². The molecule has 9 nitrogen and oxygen atoms in total. The van der Waals surface area contributed by atoms with Gasteiger partial charge in [0.1, 0.15) is 23.3 Å². The van der Waals surface area contributed by atoms with E-state index in [-0.39, 0.29) is 11.5 Å². The molecule has 4 aromatic rings. The van der Waals surface area contributed by atoms with Gasteiger partial charge in [0.25, 0.3) is 0 Å². The lowest BCUT2D eigenvalue weighted by atomic mass is 9.84. The summed E-state index contributed by atoms with van der Waals surface area (Å²) in [4.78, 5) is 38.7. The second-order valence-electron chi connectivity index (χ2n) is 12.2. The van der Waals surface area contributed by atoms with Crippen LogP contribution in [0.2, 0.25) is 0 Å². The molecular formula is C40H38FNO8. The van der Waals surface area contributed by atoms with E-state index < -0.39 is 48.0 Å². The predicted octanol–water partition coefficient (Wildman–Crippen LogP) is 6.46. The Balaban J connectivity index is 1.40. The lowest BCUT2D eigenvalue weighted by Gasteiger charge is -2.50. The van der Waals surface area contributed by atoms with E-state index in [2.05, 4.69) is 5.32 Å². The van der Waals surface area contributed by atoms with Crippen LogP contribution in [0, 0.1) is 5.82 Å². The van der Waals surface area contributed by atoms with Crippen LogP contribution in [0.5, 0.6) is 5.75 Å². The minimum Gasteiger partial charge on any atom is -0.461 e. The maximum Gasteiger partial charge on any atom is 0.338 e. The molecule has 2 aliphatic rings. The van der Waals surface area contributed by atoms with Crippen molar-refractivity contribution in [2.75, 3.05) is 13.7 Å². The zero-order valence-corrected chi connectivity index (χ0v) is 27.8. The molecule has 10 heteroatoms. The highest BCUT2D eigenvalue weighted by Crippen LogP contribution is 2.44. The van der Waals surface area contributed by atoms with Gasteiger partial charge in [-0.3, -0.25) is 4.79 Å². The van der Waals surface area contributed by atoms with Crippen LogP contribution < -0.4 is 10.1 Å². The molecule has 1 aliphatic heterocycles. The van der Waals surface area contributed by atoms with E-state index in [0.29, 0.717) is 48.2 Å². The number of carbonyl (C=O) groups is 3. The first-order valence-electron chi connectivity index (χ1n) is 16.4. The third-order valence-electron chi connectivity index (χ3n) is 8.85. The van der Waals surface area contributed by atoms with E-state index in [9.17, 15) is 18.8 Å². The molecule has 0 aromatic heterocycles. The van der Waals surface area contributed by atoms with E-state index in [1.807, 2.05) is 18.2 Å².